The van der Waals surface area contributed by atoms with Crippen molar-refractivity contribution in [2.75, 3.05) is 6.54 Å². The Kier molecular flexibility index (Phi) is 5.80. The SMILES string of the molecule is CCCNCc1cccc(F)c1OC1CCCCC1O. The third-order valence-corrected chi connectivity index (χ3v) is 3.73. The normalized spacial score (nSPS) is 22.8. The van der Waals surface area contributed by atoms with Crippen molar-refractivity contribution >= 4 is 0 Å². The Hall–Kier alpha value is -1.13. The molecule has 0 radical (unpaired) electrons. The molecule has 0 bridgehead atoms. The highest BCUT2D eigenvalue weighted by atomic mass is 19.1. The fraction of sp³-hybridized carbons (Fsp3) is 0.625. The van der Waals surface area contributed by atoms with Crippen LogP contribution in [0.25, 0.3) is 0 Å². The molecule has 2 rings (SSSR count). The molecule has 20 heavy (non-hydrogen) atoms. The second kappa shape index (κ2) is 7.60. The predicted molar refractivity (Wildman–Crippen MR) is 77.3 cm³/mol. The van der Waals surface area contributed by atoms with Gasteiger partial charge in [-0.25, -0.2) is 4.39 Å². The zero-order valence-corrected chi connectivity index (χ0v) is 12.1. The van der Waals surface area contributed by atoms with Gasteiger partial charge in [0.1, 0.15) is 6.10 Å². The van der Waals surface area contributed by atoms with Crippen LogP contribution in [0.4, 0.5) is 4.39 Å². The summed E-state index contributed by atoms with van der Waals surface area (Å²) in [6, 6.07) is 4.98. The minimum absolute atomic E-state index is 0.287. The fourth-order valence-electron chi connectivity index (χ4n) is 2.59. The van der Waals surface area contributed by atoms with Gasteiger partial charge >= 0.3 is 0 Å². The maximum Gasteiger partial charge on any atom is 0.165 e. The average Bonchev–Trinajstić information content (AvgIpc) is 2.44. The lowest BCUT2D eigenvalue weighted by Crippen LogP contribution is -2.35. The van der Waals surface area contributed by atoms with Crippen LogP contribution in [0, 0.1) is 5.82 Å². The Labute approximate surface area is 120 Å². The van der Waals surface area contributed by atoms with E-state index in [1.165, 1.54) is 6.07 Å². The van der Waals surface area contributed by atoms with Crippen LogP contribution in [0.2, 0.25) is 0 Å². The molecular weight excluding hydrogens is 257 g/mol. The van der Waals surface area contributed by atoms with E-state index in [-0.39, 0.29) is 11.9 Å². The van der Waals surface area contributed by atoms with Crippen molar-refractivity contribution in [1.82, 2.24) is 5.32 Å². The quantitative estimate of drug-likeness (QED) is 0.788. The second-order valence-corrected chi connectivity index (χ2v) is 5.41. The highest BCUT2D eigenvalue weighted by Crippen LogP contribution is 2.28. The van der Waals surface area contributed by atoms with E-state index in [1.807, 2.05) is 6.07 Å². The summed E-state index contributed by atoms with van der Waals surface area (Å²) in [4.78, 5) is 0. The number of hydrogen-bond donors (Lipinski definition) is 2. The van der Waals surface area contributed by atoms with Crippen LogP contribution < -0.4 is 10.1 Å². The Morgan fingerprint density at radius 1 is 1.35 bits per heavy atom. The molecule has 1 aliphatic carbocycles. The molecule has 0 saturated heterocycles. The minimum Gasteiger partial charge on any atom is -0.484 e. The molecule has 0 aromatic heterocycles. The Morgan fingerprint density at radius 2 is 2.15 bits per heavy atom. The summed E-state index contributed by atoms with van der Waals surface area (Å²) in [7, 11) is 0. The lowest BCUT2D eigenvalue weighted by Gasteiger charge is -2.29. The number of rotatable bonds is 6. The van der Waals surface area contributed by atoms with Crippen LogP contribution in [-0.4, -0.2) is 23.9 Å². The smallest absolute Gasteiger partial charge is 0.165 e. The van der Waals surface area contributed by atoms with Crippen LogP contribution in [0.5, 0.6) is 5.75 Å². The molecule has 0 heterocycles. The predicted octanol–water partition coefficient (Wildman–Crippen LogP) is 3.01. The number of aliphatic hydroxyl groups excluding tert-OH is 1. The zero-order chi connectivity index (χ0) is 14.4. The lowest BCUT2D eigenvalue weighted by atomic mass is 9.95. The van der Waals surface area contributed by atoms with Crippen LogP contribution in [0.1, 0.15) is 44.6 Å². The van der Waals surface area contributed by atoms with E-state index >= 15 is 0 Å². The molecule has 1 saturated carbocycles. The van der Waals surface area contributed by atoms with Crippen molar-refractivity contribution < 1.29 is 14.2 Å². The summed E-state index contributed by atoms with van der Waals surface area (Å²) in [5.41, 5.74) is 0.816. The first-order chi connectivity index (χ1) is 9.72. The van der Waals surface area contributed by atoms with E-state index in [1.54, 1.807) is 6.07 Å². The maximum atomic E-state index is 14.0. The number of benzene rings is 1. The van der Waals surface area contributed by atoms with Gasteiger partial charge in [-0.3, -0.25) is 0 Å². The highest BCUT2D eigenvalue weighted by molar-refractivity contribution is 5.35. The molecule has 2 unspecified atom stereocenters. The summed E-state index contributed by atoms with van der Waals surface area (Å²) in [6.07, 6.45) is 3.83. The van der Waals surface area contributed by atoms with Crippen molar-refractivity contribution in [2.45, 2.75) is 57.8 Å². The van der Waals surface area contributed by atoms with Gasteiger partial charge < -0.3 is 15.2 Å². The fourth-order valence-corrected chi connectivity index (χ4v) is 2.59. The topological polar surface area (TPSA) is 41.5 Å². The first-order valence-corrected chi connectivity index (χ1v) is 7.55. The van der Waals surface area contributed by atoms with Crippen LogP contribution in [-0.2, 0) is 6.54 Å². The highest BCUT2D eigenvalue weighted by Gasteiger charge is 2.26. The first-order valence-electron chi connectivity index (χ1n) is 7.55. The molecule has 0 aliphatic heterocycles. The number of nitrogens with one attached hydrogen (secondary N) is 1. The standard InChI is InChI=1S/C16H24FNO2/c1-2-10-18-11-12-6-5-7-13(17)16(12)20-15-9-4-3-8-14(15)19/h5-7,14-15,18-19H,2-4,8-11H2,1H3. The van der Waals surface area contributed by atoms with Crippen molar-refractivity contribution in [2.24, 2.45) is 0 Å². The molecule has 1 fully saturated rings. The summed E-state index contributed by atoms with van der Waals surface area (Å²) in [5.74, 6) is -0.0550. The van der Waals surface area contributed by atoms with Crippen molar-refractivity contribution in [3.63, 3.8) is 0 Å². The first kappa shape index (κ1) is 15.3. The average molecular weight is 281 g/mol. The maximum absolute atomic E-state index is 14.0. The lowest BCUT2D eigenvalue weighted by molar-refractivity contribution is 0.00444. The minimum atomic E-state index is -0.486. The van der Waals surface area contributed by atoms with Crippen molar-refractivity contribution in [1.29, 1.82) is 0 Å². The van der Waals surface area contributed by atoms with E-state index in [0.29, 0.717) is 12.3 Å². The molecule has 0 spiro atoms. The van der Waals surface area contributed by atoms with E-state index < -0.39 is 6.10 Å². The number of hydrogen-bond acceptors (Lipinski definition) is 3. The van der Waals surface area contributed by atoms with Gasteiger partial charge in [0.05, 0.1) is 6.10 Å². The van der Waals surface area contributed by atoms with Gasteiger partial charge in [0.2, 0.25) is 0 Å². The molecule has 2 N–H and O–H groups in total. The molecule has 1 aliphatic rings. The van der Waals surface area contributed by atoms with Gasteiger partial charge in [-0.15, -0.1) is 0 Å². The number of aliphatic hydroxyl groups is 1. The summed E-state index contributed by atoms with van der Waals surface area (Å²) in [5, 5.41) is 13.2. The summed E-state index contributed by atoms with van der Waals surface area (Å²) in [6.45, 7) is 3.57. The molecule has 112 valence electrons. The molecule has 4 heteroatoms. The van der Waals surface area contributed by atoms with Crippen molar-refractivity contribution in [3.05, 3.63) is 29.6 Å². The Morgan fingerprint density at radius 3 is 2.90 bits per heavy atom. The van der Waals surface area contributed by atoms with Crippen LogP contribution >= 0.6 is 0 Å². The van der Waals surface area contributed by atoms with Gasteiger partial charge in [-0.1, -0.05) is 25.5 Å². The van der Waals surface area contributed by atoms with Gasteiger partial charge in [0, 0.05) is 12.1 Å². The molecule has 1 aromatic carbocycles. The van der Waals surface area contributed by atoms with Gasteiger partial charge in [0.25, 0.3) is 0 Å². The molecule has 2 atom stereocenters. The van der Waals surface area contributed by atoms with E-state index in [9.17, 15) is 9.50 Å². The largest absolute Gasteiger partial charge is 0.484 e. The summed E-state index contributed by atoms with van der Waals surface area (Å²) >= 11 is 0. The molecule has 1 aromatic rings. The second-order valence-electron chi connectivity index (χ2n) is 5.41. The number of ether oxygens (including phenoxy) is 1. The number of para-hydroxylation sites is 1. The van der Waals surface area contributed by atoms with Crippen molar-refractivity contribution in [3.8, 4) is 5.75 Å². The zero-order valence-electron chi connectivity index (χ0n) is 12.1. The van der Waals surface area contributed by atoms with E-state index in [4.69, 9.17) is 4.74 Å². The third kappa shape index (κ3) is 3.93. The molecular formula is C16H24FNO2. The van der Waals surface area contributed by atoms with Gasteiger partial charge in [-0.2, -0.15) is 0 Å². The number of halogens is 1. The Bertz CT molecular complexity index is 425. The monoisotopic (exact) mass is 281 g/mol. The van der Waals surface area contributed by atoms with E-state index in [2.05, 4.69) is 12.2 Å². The van der Waals surface area contributed by atoms with E-state index in [0.717, 1.165) is 44.2 Å². The Balaban J connectivity index is 2.08. The molecule has 3 nitrogen and oxygen atoms in total. The van der Waals surface area contributed by atoms with Crippen LogP contribution in [0.3, 0.4) is 0 Å². The third-order valence-electron chi connectivity index (χ3n) is 3.73. The van der Waals surface area contributed by atoms with Gasteiger partial charge in [-0.05, 0) is 38.3 Å². The van der Waals surface area contributed by atoms with Gasteiger partial charge in [0.15, 0.2) is 11.6 Å². The summed E-state index contributed by atoms with van der Waals surface area (Å²) < 4.78 is 19.8. The molecule has 0 amide bonds. The van der Waals surface area contributed by atoms with Crippen LogP contribution in [0.15, 0.2) is 18.2 Å².